The molecule has 3 aliphatic rings. The Bertz CT molecular complexity index is 319. The first kappa shape index (κ1) is 14.7. The Kier molecular flexibility index (Phi) is 4.59. The average Bonchev–Trinajstić information content (AvgIpc) is 3.07. The summed E-state index contributed by atoms with van der Waals surface area (Å²) >= 11 is 0. The highest BCUT2D eigenvalue weighted by atomic mass is 16.7. The summed E-state index contributed by atoms with van der Waals surface area (Å²) in [7, 11) is 6.47. The van der Waals surface area contributed by atoms with Gasteiger partial charge in [0.05, 0.1) is 18.4 Å². The maximum Gasteiger partial charge on any atom is 0.146 e. The van der Waals surface area contributed by atoms with Crippen LogP contribution in [0.4, 0.5) is 0 Å². The smallest absolute Gasteiger partial charge is 0.146 e. The number of rotatable bonds is 3. The number of nitrogens with one attached hydrogen (secondary N) is 3. The molecule has 3 N–H and O–H groups in total. The van der Waals surface area contributed by atoms with Crippen LogP contribution in [0.15, 0.2) is 0 Å². The van der Waals surface area contributed by atoms with E-state index in [2.05, 4.69) is 47.1 Å². The molecule has 0 radical (unpaired) electrons. The SMILES string of the molecule is CN(C)C1CCC(C2NOC(C3CCCN3C)N2)CN1. The highest BCUT2D eigenvalue weighted by Gasteiger charge is 2.39. The predicted octanol–water partition coefficient (Wildman–Crippen LogP) is -0.255. The highest BCUT2D eigenvalue weighted by molar-refractivity contribution is 4.90. The normalized spacial score (nSPS) is 43.5. The van der Waals surface area contributed by atoms with Gasteiger partial charge in [-0.2, -0.15) is 5.48 Å². The Balaban J connectivity index is 1.48. The van der Waals surface area contributed by atoms with Gasteiger partial charge in [0, 0.05) is 12.5 Å². The van der Waals surface area contributed by atoms with Crippen LogP contribution in [0.3, 0.4) is 0 Å². The zero-order chi connectivity index (χ0) is 14.1. The first-order chi connectivity index (χ1) is 9.65. The van der Waals surface area contributed by atoms with Gasteiger partial charge in [0.15, 0.2) is 0 Å². The standard InChI is InChI=1S/C14H29N5O/c1-18(2)12-7-6-10(9-15-12)13-16-14(20-17-13)11-5-4-8-19(11)3/h10-17H,4-9H2,1-3H3. The zero-order valence-electron chi connectivity index (χ0n) is 12.9. The second kappa shape index (κ2) is 6.25. The lowest BCUT2D eigenvalue weighted by Gasteiger charge is -2.36. The topological polar surface area (TPSA) is 51.8 Å². The van der Waals surface area contributed by atoms with E-state index in [0.29, 0.717) is 18.1 Å². The van der Waals surface area contributed by atoms with E-state index in [1.54, 1.807) is 0 Å². The molecule has 116 valence electrons. The maximum absolute atomic E-state index is 5.81. The monoisotopic (exact) mass is 283 g/mol. The van der Waals surface area contributed by atoms with E-state index in [-0.39, 0.29) is 12.4 Å². The van der Waals surface area contributed by atoms with Crippen LogP contribution in [-0.4, -0.2) is 68.6 Å². The Morgan fingerprint density at radius 2 is 2.05 bits per heavy atom. The summed E-state index contributed by atoms with van der Waals surface area (Å²) in [6, 6.07) is 0.513. The first-order valence-electron chi connectivity index (χ1n) is 7.92. The fourth-order valence-electron chi connectivity index (χ4n) is 3.72. The van der Waals surface area contributed by atoms with Crippen LogP contribution < -0.4 is 16.1 Å². The largest absolute Gasteiger partial charge is 0.301 e. The lowest BCUT2D eigenvalue weighted by Crippen LogP contribution is -2.54. The molecule has 3 rings (SSSR count). The van der Waals surface area contributed by atoms with E-state index >= 15 is 0 Å². The molecule has 6 nitrogen and oxygen atoms in total. The van der Waals surface area contributed by atoms with Gasteiger partial charge in [0.25, 0.3) is 0 Å². The number of hydrogen-bond acceptors (Lipinski definition) is 6. The third-order valence-electron chi connectivity index (χ3n) is 5.11. The van der Waals surface area contributed by atoms with Crippen molar-refractivity contribution in [1.82, 2.24) is 25.9 Å². The van der Waals surface area contributed by atoms with Gasteiger partial charge in [-0.25, -0.2) is 0 Å². The molecular weight excluding hydrogens is 254 g/mol. The van der Waals surface area contributed by atoms with Crippen molar-refractivity contribution in [2.45, 2.75) is 50.3 Å². The summed E-state index contributed by atoms with van der Waals surface area (Å²) in [5, 5.41) is 7.27. The minimum absolute atomic E-state index is 0.138. The highest BCUT2D eigenvalue weighted by Crippen LogP contribution is 2.24. The van der Waals surface area contributed by atoms with Crippen molar-refractivity contribution >= 4 is 0 Å². The van der Waals surface area contributed by atoms with Crippen LogP contribution in [0.25, 0.3) is 0 Å². The van der Waals surface area contributed by atoms with Gasteiger partial charge >= 0.3 is 0 Å². The molecule has 0 aliphatic carbocycles. The summed E-state index contributed by atoms with van der Waals surface area (Å²) in [4.78, 5) is 10.5. The van der Waals surface area contributed by atoms with E-state index in [9.17, 15) is 0 Å². The number of piperidine rings is 1. The summed E-state index contributed by atoms with van der Waals surface area (Å²) < 4.78 is 0. The van der Waals surface area contributed by atoms with Gasteiger partial charge in [-0.05, 0) is 53.4 Å². The number of hydrogen-bond donors (Lipinski definition) is 3. The molecule has 0 amide bonds. The van der Waals surface area contributed by atoms with E-state index in [4.69, 9.17) is 4.84 Å². The van der Waals surface area contributed by atoms with Crippen LogP contribution in [0.5, 0.6) is 0 Å². The van der Waals surface area contributed by atoms with Crippen LogP contribution >= 0.6 is 0 Å². The van der Waals surface area contributed by atoms with Crippen molar-refractivity contribution in [3.63, 3.8) is 0 Å². The minimum Gasteiger partial charge on any atom is -0.301 e. The molecule has 0 aromatic carbocycles. The number of hydroxylamine groups is 1. The summed E-state index contributed by atoms with van der Waals surface area (Å²) in [5.41, 5.74) is 3.23. The van der Waals surface area contributed by atoms with E-state index < -0.39 is 0 Å². The van der Waals surface area contributed by atoms with Crippen molar-refractivity contribution in [3.05, 3.63) is 0 Å². The Hall–Kier alpha value is -0.240. The van der Waals surface area contributed by atoms with Crippen LogP contribution in [-0.2, 0) is 4.84 Å². The second-order valence-corrected chi connectivity index (χ2v) is 6.72. The maximum atomic E-state index is 5.81. The fraction of sp³-hybridized carbons (Fsp3) is 1.00. The minimum atomic E-state index is 0.138. The molecule has 3 heterocycles. The number of likely N-dealkylation sites (tertiary alicyclic amines) is 1. The van der Waals surface area contributed by atoms with Gasteiger partial charge < -0.3 is 5.32 Å². The Labute approximate surface area is 122 Å². The molecule has 0 bridgehead atoms. The number of likely N-dealkylation sites (N-methyl/N-ethyl adjacent to an activating group) is 1. The lowest BCUT2D eigenvalue weighted by molar-refractivity contribution is -0.0194. The predicted molar refractivity (Wildman–Crippen MR) is 78.8 cm³/mol. The van der Waals surface area contributed by atoms with Crippen molar-refractivity contribution in [2.75, 3.05) is 34.2 Å². The molecule has 20 heavy (non-hydrogen) atoms. The molecule has 3 saturated heterocycles. The van der Waals surface area contributed by atoms with E-state index in [1.807, 2.05) is 0 Å². The third kappa shape index (κ3) is 3.00. The van der Waals surface area contributed by atoms with Crippen molar-refractivity contribution in [2.24, 2.45) is 5.92 Å². The lowest BCUT2D eigenvalue weighted by atomic mass is 9.94. The molecule has 0 saturated carbocycles. The molecule has 0 aromatic heterocycles. The second-order valence-electron chi connectivity index (χ2n) is 6.72. The van der Waals surface area contributed by atoms with Crippen LogP contribution in [0.1, 0.15) is 25.7 Å². The van der Waals surface area contributed by atoms with Gasteiger partial charge in [-0.15, -0.1) is 0 Å². The quantitative estimate of drug-likeness (QED) is 0.664. The molecular formula is C14H29N5O. The molecule has 0 spiro atoms. The van der Waals surface area contributed by atoms with Gasteiger partial charge in [0.1, 0.15) is 6.23 Å². The van der Waals surface area contributed by atoms with Crippen molar-refractivity contribution in [3.8, 4) is 0 Å². The molecule has 3 fully saturated rings. The summed E-state index contributed by atoms with van der Waals surface area (Å²) in [6.07, 6.45) is 5.88. The van der Waals surface area contributed by atoms with Crippen molar-refractivity contribution in [1.29, 1.82) is 0 Å². The van der Waals surface area contributed by atoms with Crippen LogP contribution in [0, 0.1) is 5.92 Å². The average molecular weight is 283 g/mol. The Morgan fingerprint density at radius 1 is 1.20 bits per heavy atom. The molecule has 5 unspecified atom stereocenters. The third-order valence-corrected chi connectivity index (χ3v) is 5.11. The first-order valence-corrected chi connectivity index (χ1v) is 7.92. The fourth-order valence-corrected chi connectivity index (χ4v) is 3.72. The zero-order valence-corrected chi connectivity index (χ0v) is 12.9. The molecule has 5 atom stereocenters. The Morgan fingerprint density at radius 3 is 2.65 bits per heavy atom. The van der Waals surface area contributed by atoms with E-state index in [0.717, 1.165) is 6.54 Å². The molecule has 0 aromatic rings. The molecule has 3 aliphatic heterocycles. The molecule has 6 heteroatoms. The van der Waals surface area contributed by atoms with Gasteiger partial charge in [-0.1, -0.05) is 0 Å². The summed E-state index contributed by atoms with van der Waals surface area (Å²) in [5.74, 6) is 0.600. The number of nitrogens with zero attached hydrogens (tertiary/aromatic N) is 2. The van der Waals surface area contributed by atoms with Crippen LogP contribution in [0.2, 0.25) is 0 Å². The van der Waals surface area contributed by atoms with E-state index in [1.165, 1.54) is 32.2 Å². The van der Waals surface area contributed by atoms with Gasteiger partial charge in [0.2, 0.25) is 0 Å². The summed E-state index contributed by atoms with van der Waals surface area (Å²) in [6.45, 7) is 2.23. The van der Waals surface area contributed by atoms with Crippen molar-refractivity contribution < 1.29 is 4.84 Å². The van der Waals surface area contributed by atoms with Gasteiger partial charge in [-0.3, -0.25) is 20.0 Å².